The lowest BCUT2D eigenvalue weighted by Crippen LogP contribution is -2.82. The Labute approximate surface area is 448 Å². The monoisotopic (exact) mass is 1080 g/mol. The number of carbonyl (C=O) groups excluding carboxylic acids is 4. The zero-order chi connectivity index (χ0) is 55.7. The van der Waals surface area contributed by atoms with Gasteiger partial charge in [0, 0.05) is 50.4 Å². The largest absolute Gasteiger partial charge is 0.456 e. The zero-order valence-corrected chi connectivity index (χ0v) is 48.1. The predicted octanol–water partition coefficient (Wildman–Crippen LogP) is 8.53. The number of aromatic nitrogens is 1. The Morgan fingerprint density at radius 1 is 0.961 bits per heavy atom. The number of carbonyl (C=O) groups is 4. The summed E-state index contributed by atoms with van der Waals surface area (Å²) >= 11 is 0. The van der Waals surface area contributed by atoms with Crippen molar-refractivity contribution in [1.29, 1.82) is 0 Å². The van der Waals surface area contributed by atoms with Crippen LogP contribution in [0.1, 0.15) is 138 Å². The van der Waals surface area contributed by atoms with Crippen LogP contribution in [0.2, 0.25) is 16.6 Å². The van der Waals surface area contributed by atoms with Gasteiger partial charge in [-0.05, 0) is 99.2 Å². The number of methoxy groups -OCH3 is 1. The third-order valence-electron chi connectivity index (χ3n) is 17.9. The predicted molar refractivity (Wildman–Crippen MR) is 280 cm³/mol. The average molecular weight is 1080 g/mol. The summed E-state index contributed by atoms with van der Waals surface area (Å²) in [6, 6.07) is 9.42. The number of aliphatic hydroxyl groups is 1. The molecule has 420 valence electrons. The molecule has 3 saturated heterocycles. The van der Waals surface area contributed by atoms with Gasteiger partial charge >= 0.3 is 24.0 Å². The second-order valence-corrected chi connectivity index (χ2v) is 30.1. The van der Waals surface area contributed by atoms with E-state index in [0.29, 0.717) is 17.7 Å². The summed E-state index contributed by atoms with van der Waals surface area (Å²) in [6.45, 7) is 28.1. The van der Waals surface area contributed by atoms with Gasteiger partial charge in [0.2, 0.25) is 8.32 Å². The van der Waals surface area contributed by atoms with Crippen molar-refractivity contribution < 1.29 is 71.0 Å². The number of nitrogens with one attached hydrogen (secondary N) is 1. The lowest BCUT2D eigenvalue weighted by Gasteiger charge is -2.69. The molecule has 19 heteroatoms. The van der Waals surface area contributed by atoms with Gasteiger partial charge in [-0.15, -0.1) is 0 Å². The van der Waals surface area contributed by atoms with Gasteiger partial charge in [0.05, 0.1) is 30.3 Å². The number of likely N-dealkylation sites (tertiary alicyclic amines) is 1. The van der Waals surface area contributed by atoms with E-state index in [1.165, 1.54) is 25.3 Å². The summed E-state index contributed by atoms with van der Waals surface area (Å²) in [5.74, 6) is -4.26. The van der Waals surface area contributed by atoms with Crippen LogP contribution in [0.4, 0.5) is 9.18 Å². The summed E-state index contributed by atoms with van der Waals surface area (Å²) in [4.78, 5) is 64.9. The Bertz CT molecular complexity index is 2500. The molecule has 6 aliphatic rings. The molecule has 13 atom stereocenters. The minimum absolute atomic E-state index is 0.0955. The Morgan fingerprint density at radius 3 is 2.16 bits per heavy atom. The molecule has 5 fully saturated rings. The first kappa shape index (κ1) is 57.8. The molecule has 1 amide bonds. The lowest BCUT2D eigenvalue weighted by atomic mass is 9.44. The van der Waals surface area contributed by atoms with Crippen LogP contribution in [0, 0.1) is 22.6 Å². The maximum Gasteiger partial charge on any atom is 0.408 e. The minimum atomic E-state index is -3.16. The number of benzene rings is 1. The van der Waals surface area contributed by atoms with Crippen molar-refractivity contribution in [3.05, 3.63) is 76.9 Å². The van der Waals surface area contributed by atoms with Crippen LogP contribution < -0.4 is 5.32 Å². The number of hydrogen-bond donors (Lipinski definition) is 2. The van der Waals surface area contributed by atoms with E-state index in [9.17, 15) is 19.5 Å². The number of halogens is 1. The zero-order valence-electron chi connectivity index (χ0n) is 47.1. The number of ether oxygens (including phenoxy) is 8. The Hall–Kier alpha value is -4.34. The third kappa shape index (κ3) is 9.95. The van der Waals surface area contributed by atoms with Crippen molar-refractivity contribution in [3.63, 3.8) is 0 Å². The molecule has 1 aromatic carbocycles. The molecule has 0 radical (unpaired) electrons. The Morgan fingerprint density at radius 2 is 1.62 bits per heavy atom. The molecule has 3 aliphatic carbocycles. The molecule has 4 heterocycles. The summed E-state index contributed by atoms with van der Waals surface area (Å²) < 4.78 is 76.8. The highest BCUT2D eigenvalue weighted by atomic mass is 28.4. The number of rotatable bonds is 16. The van der Waals surface area contributed by atoms with E-state index in [4.69, 9.17) is 42.3 Å². The van der Waals surface area contributed by atoms with E-state index in [-0.39, 0.29) is 47.3 Å². The standard InChI is InChI=1S/C57H82FN3O14Si/c1-31(2)76(32(3)4,33(5)6)75-46(44(43-37(58)23-19-24-59-43)60-52(65)74-53(9,10)11)51(64)69-38-28-57(66)49(72-50(63)36-21-17-16-18-22-36)47-55(14,39(67-15)27-40-56(47,30-68-40)73-35(8)62)48-45(42(34(38)7)54(57,12)13)70-41(71-48)29-61-25-20-26-61/h16-19,21-24,31-33,38-41,44-49,66H,20,25-30H2,1-15H3,(H,60,65)/t38-,39-,40+,41+,44-,45+,46+,47-,48+,49-,55+,56-,57+/m0/s1. The van der Waals surface area contributed by atoms with Crippen molar-refractivity contribution in [2.24, 2.45) is 16.7 Å². The van der Waals surface area contributed by atoms with Crippen molar-refractivity contribution >= 4 is 32.3 Å². The Kier molecular flexibility index (Phi) is 16.3. The second-order valence-electron chi connectivity index (χ2n) is 24.7. The number of esters is 3. The summed E-state index contributed by atoms with van der Waals surface area (Å²) in [5.41, 5.74) is -6.58. The van der Waals surface area contributed by atoms with Crippen LogP contribution in [0.15, 0.2) is 59.8 Å². The van der Waals surface area contributed by atoms with Gasteiger partial charge in [-0.25, -0.2) is 18.8 Å². The van der Waals surface area contributed by atoms with Crippen LogP contribution in [-0.4, -0.2) is 146 Å². The fraction of sp³-hybridized carbons (Fsp3) is 0.702. The maximum atomic E-state index is 16.4. The first-order valence-electron chi connectivity index (χ1n) is 27.1. The molecule has 8 rings (SSSR count). The maximum absolute atomic E-state index is 16.4. The van der Waals surface area contributed by atoms with E-state index in [2.05, 4.69) is 15.2 Å². The lowest BCUT2D eigenvalue weighted by molar-refractivity contribution is -0.363. The Balaban J connectivity index is 1.36. The van der Waals surface area contributed by atoms with Crippen molar-refractivity contribution in [2.45, 2.75) is 205 Å². The topological polar surface area (TPSA) is 200 Å². The molecule has 1 aromatic heterocycles. The summed E-state index contributed by atoms with van der Waals surface area (Å²) in [7, 11) is -1.57. The van der Waals surface area contributed by atoms with Gasteiger partial charge in [0.1, 0.15) is 53.2 Å². The minimum Gasteiger partial charge on any atom is -0.456 e. The summed E-state index contributed by atoms with van der Waals surface area (Å²) in [5, 5.41) is 17.2. The van der Waals surface area contributed by atoms with E-state index in [1.54, 1.807) is 58.2 Å². The van der Waals surface area contributed by atoms with Crippen molar-refractivity contribution in [1.82, 2.24) is 15.2 Å². The first-order valence-corrected chi connectivity index (χ1v) is 29.3. The van der Waals surface area contributed by atoms with Gasteiger partial charge in [-0.3, -0.25) is 14.7 Å². The average Bonchev–Trinajstić information content (AvgIpc) is 3.88. The van der Waals surface area contributed by atoms with Crippen LogP contribution in [-0.2, 0) is 51.9 Å². The van der Waals surface area contributed by atoms with E-state index in [0.717, 1.165) is 19.5 Å². The van der Waals surface area contributed by atoms with Gasteiger partial charge in [0.15, 0.2) is 18.0 Å². The van der Waals surface area contributed by atoms with Gasteiger partial charge in [-0.2, -0.15) is 0 Å². The smallest absolute Gasteiger partial charge is 0.408 e. The normalized spacial score (nSPS) is 32.8. The quantitative estimate of drug-likeness (QED) is 0.0701. The highest BCUT2D eigenvalue weighted by molar-refractivity contribution is 6.77. The molecule has 2 aromatic rings. The van der Waals surface area contributed by atoms with E-state index < -0.39 is 127 Å². The fourth-order valence-corrected chi connectivity index (χ4v) is 19.8. The molecule has 2 N–H and O–H groups in total. The molecular formula is C57H82FN3O14Si. The molecule has 3 aliphatic heterocycles. The number of nitrogens with zero attached hydrogens (tertiary/aromatic N) is 2. The van der Waals surface area contributed by atoms with Crippen LogP contribution in [0.3, 0.4) is 0 Å². The van der Waals surface area contributed by atoms with Crippen molar-refractivity contribution in [2.75, 3.05) is 33.4 Å². The van der Waals surface area contributed by atoms with Crippen LogP contribution >= 0.6 is 0 Å². The molecule has 2 saturated carbocycles. The van der Waals surface area contributed by atoms with E-state index >= 15 is 9.18 Å². The van der Waals surface area contributed by atoms with Gasteiger partial charge in [-0.1, -0.05) is 80.5 Å². The number of amides is 1. The summed E-state index contributed by atoms with van der Waals surface area (Å²) in [6.07, 6.45) is -7.30. The SMILES string of the molecule is CO[C@H]1C[C@H]2OC[C@@]2(OC(C)=O)[C@H]2[C@H](OC(=O)c3ccccc3)[C@]3(O)C[C@H](OC(=O)[C@H](O[Si](C(C)C)(C(C)C)C(C)C)[C@@H](NC(=O)OC(C)(C)C)c4ncccc4F)C(C)=C([C@H]4O[C@@H](CN5CCC5)O[C@H]4[C@]12C)C3(C)C. The first-order chi connectivity index (χ1) is 35.6. The molecule has 2 bridgehead atoms. The molecule has 0 spiro atoms. The van der Waals surface area contributed by atoms with Gasteiger partial charge in [0.25, 0.3) is 0 Å². The fourth-order valence-electron chi connectivity index (χ4n) is 14.3. The number of alkyl carbamates (subject to hydrolysis) is 1. The molecule has 76 heavy (non-hydrogen) atoms. The molecular weight excluding hydrogens is 998 g/mol. The highest BCUT2D eigenvalue weighted by Crippen LogP contribution is 2.67. The molecule has 17 nitrogen and oxygen atoms in total. The highest BCUT2D eigenvalue weighted by Gasteiger charge is 2.79. The van der Waals surface area contributed by atoms with Crippen LogP contribution in [0.5, 0.6) is 0 Å². The van der Waals surface area contributed by atoms with Crippen molar-refractivity contribution in [3.8, 4) is 0 Å². The number of pyridine rings is 1. The van der Waals surface area contributed by atoms with Gasteiger partial charge < -0.3 is 52.7 Å². The molecule has 0 unspecified atom stereocenters. The third-order valence-corrected chi connectivity index (χ3v) is 24.0. The number of hydrogen-bond acceptors (Lipinski definition) is 16. The van der Waals surface area contributed by atoms with E-state index in [1.807, 2.05) is 69.2 Å². The number of fused-ring (bicyclic) bond motifs is 8. The second kappa shape index (κ2) is 21.4. The van der Waals surface area contributed by atoms with Crippen LogP contribution in [0.25, 0.3) is 0 Å².